The Kier molecular flexibility index (Phi) is 15.8. The van der Waals surface area contributed by atoms with E-state index in [4.69, 9.17) is 25.8 Å². The number of piperidine rings is 2. The Bertz CT molecular complexity index is 3440. The largest absolute Gasteiger partial charge is 0.479 e. The number of halogens is 1. The quantitative estimate of drug-likeness (QED) is 0.0648. The number of sulfonamides is 1. The first-order valence-electron chi connectivity index (χ1n) is 25.0. The summed E-state index contributed by atoms with van der Waals surface area (Å²) in [6, 6.07) is 26.4. The topological polar surface area (TPSA) is 213 Å². The summed E-state index contributed by atoms with van der Waals surface area (Å²) in [4.78, 5) is 77.9. The van der Waals surface area contributed by atoms with E-state index in [-0.39, 0.29) is 70.8 Å². The number of anilines is 2. The lowest BCUT2D eigenvalue weighted by atomic mass is 9.89. The molecule has 0 saturated carbocycles. The minimum absolute atomic E-state index is 0.0258. The lowest BCUT2D eigenvalue weighted by Crippen LogP contribution is -2.55. The van der Waals surface area contributed by atoms with E-state index < -0.39 is 57.3 Å². The van der Waals surface area contributed by atoms with Crippen LogP contribution in [-0.4, -0.2) is 87.5 Å². The number of imidazole rings is 1. The zero-order chi connectivity index (χ0) is 55.1. The molecule has 76 heavy (non-hydrogen) atoms. The third-order valence-corrected chi connectivity index (χ3v) is 16.6. The number of hydrogen-bond donors (Lipinski definition) is 3. The fourth-order valence-corrected chi connectivity index (χ4v) is 13.1. The number of rotatable bonds is 15. The Labute approximate surface area is 450 Å². The summed E-state index contributed by atoms with van der Waals surface area (Å²) in [5, 5.41) is 8.99. The SMILES string of the molecule is Cn1c(=O)n(C2CCC(=O)NC2=O)c2ccc(-c3cccc(CC(=O)Nc4cccc(CS(=O)(=O)N5CC[C@H](Nc6cccc(-c7sc(C(=O)OC(C)(C)C)c(OCC(=O)OC(C)(C)C)c7Cl)c6)CC5(C)C)c4)c3)cc21. The normalized spacial score (nSPS) is 17.2. The predicted molar refractivity (Wildman–Crippen MR) is 294 cm³/mol. The van der Waals surface area contributed by atoms with E-state index in [1.807, 2.05) is 74.5 Å². The van der Waals surface area contributed by atoms with E-state index in [9.17, 15) is 37.2 Å². The molecule has 6 aromatic rings. The number of nitrogens with zero attached hydrogens (tertiary/aromatic N) is 3. The standard InChI is InChI=1S/C56H63ClN6O11S2/c1-54(2,3)73-46(66)31-72-48-47(57)49(75-50(48)52(68)74-55(4,5)6)37-16-12-18-39(28-37)58-40-23-24-62(56(7,8)30-40)76(70,71)32-34-14-11-17-38(26-34)59-45(65)27-33-13-10-15-35(25-33)36-19-20-41-43(29-36)61(9)53(69)63(41)42-21-22-44(64)60-51(42)67/h10-20,25-26,28-29,40,42,58H,21-24,27,30-32H2,1-9H3,(H,59,65)(H,60,64,67)/t40-,42?/m0/s1. The van der Waals surface area contributed by atoms with Gasteiger partial charge in [0.05, 0.1) is 28.1 Å². The Morgan fingerprint density at radius 1 is 0.816 bits per heavy atom. The lowest BCUT2D eigenvalue weighted by Gasteiger charge is -2.45. The van der Waals surface area contributed by atoms with Crippen molar-refractivity contribution < 1.29 is 46.6 Å². The van der Waals surface area contributed by atoms with Crippen LogP contribution in [0.4, 0.5) is 11.4 Å². The van der Waals surface area contributed by atoms with Crippen LogP contribution in [0.15, 0.2) is 95.8 Å². The molecule has 0 bridgehead atoms. The Morgan fingerprint density at radius 3 is 2.20 bits per heavy atom. The van der Waals surface area contributed by atoms with Gasteiger partial charge in [0, 0.05) is 43.0 Å². The van der Waals surface area contributed by atoms with Crippen LogP contribution in [0.5, 0.6) is 5.75 Å². The Hall–Kier alpha value is -6.80. The molecular formula is C56H63ClN6O11S2. The van der Waals surface area contributed by atoms with Crippen molar-refractivity contribution in [3.05, 3.63) is 123 Å². The van der Waals surface area contributed by atoms with Crippen molar-refractivity contribution in [1.29, 1.82) is 0 Å². The van der Waals surface area contributed by atoms with Crippen molar-refractivity contribution in [3.63, 3.8) is 0 Å². The van der Waals surface area contributed by atoms with E-state index in [2.05, 4.69) is 16.0 Å². The predicted octanol–water partition coefficient (Wildman–Crippen LogP) is 9.41. The number of benzene rings is 4. The number of fused-ring (bicyclic) bond motifs is 1. The molecule has 3 amide bonds. The van der Waals surface area contributed by atoms with E-state index >= 15 is 0 Å². The van der Waals surface area contributed by atoms with Gasteiger partial charge in [0.1, 0.15) is 22.3 Å². The zero-order valence-electron chi connectivity index (χ0n) is 44.0. The monoisotopic (exact) mass is 1090 g/mol. The number of imide groups is 1. The number of carbonyl (C=O) groups is 5. The van der Waals surface area contributed by atoms with Crippen molar-refractivity contribution in [2.75, 3.05) is 23.8 Å². The molecule has 2 fully saturated rings. The minimum Gasteiger partial charge on any atom is -0.479 e. The van der Waals surface area contributed by atoms with Gasteiger partial charge in [-0.15, -0.1) is 11.3 Å². The van der Waals surface area contributed by atoms with Crippen molar-refractivity contribution in [3.8, 4) is 27.3 Å². The molecule has 8 rings (SSSR count). The molecule has 17 nitrogen and oxygen atoms in total. The third kappa shape index (κ3) is 12.9. The molecule has 2 aliphatic heterocycles. The molecule has 2 atom stereocenters. The highest BCUT2D eigenvalue weighted by Crippen LogP contribution is 2.47. The number of thiophene rings is 1. The van der Waals surface area contributed by atoms with Crippen LogP contribution in [0.1, 0.15) is 108 Å². The second-order valence-electron chi connectivity index (χ2n) is 21.8. The lowest BCUT2D eigenvalue weighted by molar-refractivity contribution is -0.157. The molecule has 4 heterocycles. The first kappa shape index (κ1) is 55.4. The fourth-order valence-electron chi connectivity index (χ4n) is 9.73. The minimum atomic E-state index is -3.83. The summed E-state index contributed by atoms with van der Waals surface area (Å²) >= 11 is 8.01. The molecule has 0 radical (unpaired) electrons. The van der Waals surface area contributed by atoms with Crippen LogP contribution in [0.3, 0.4) is 0 Å². The molecule has 402 valence electrons. The summed E-state index contributed by atoms with van der Waals surface area (Å²) < 4.78 is 49.8. The maximum atomic E-state index is 14.2. The number of nitrogens with one attached hydrogen (secondary N) is 3. The molecule has 2 aliphatic rings. The zero-order valence-corrected chi connectivity index (χ0v) is 46.4. The summed E-state index contributed by atoms with van der Waals surface area (Å²) in [5.74, 6) is -2.68. The smallest absolute Gasteiger partial charge is 0.352 e. The molecule has 1 unspecified atom stereocenters. The maximum Gasteiger partial charge on any atom is 0.352 e. The second kappa shape index (κ2) is 21.7. The van der Waals surface area contributed by atoms with Crippen LogP contribution in [-0.2, 0) is 57.9 Å². The Morgan fingerprint density at radius 2 is 1.49 bits per heavy atom. The fraction of sp³-hybridized carbons (Fsp3) is 0.393. The Balaban J connectivity index is 0.893. The molecule has 0 spiro atoms. The van der Waals surface area contributed by atoms with Gasteiger partial charge in [-0.25, -0.2) is 22.8 Å². The van der Waals surface area contributed by atoms with Gasteiger partial charge < -0.3 is 24.8 Å². The molecule has 20 heteroatoms. The van der Waals surface area contributed by atoms with Crippen LogP contribution < -0.4 is 26.4 Å². The van der Waals surface area contributed by atoms with Gasteiger partial charge in [-0.2, -0.15) is 4.31 Å². The third-order valence-electron chi connectivity index (χ3n) is 12.9. The van der Waals surface area contributed by atoms with Crippen molar-refractivity contribution >= 4 is 85.0 Å². The summed E-state index contributed by atoms with van der Waals surface area (Å²) in [7, 11) is -2.19. The van der Waals surface area contributed by atoms with Gasteiger partial charge in [0.15, 0.2) is 17.2 Å². The van der Waals surface area contributed by atoms with E-state index in [1.165, 1.54) is 9.13 Å². The van der Waals surface area contributed by atoms with Gasteiger partial charge >= 0.3 is 17.6 Å². The molecule has 2 saturated heterocycles. The summed E-state index contributed by atoms with van der Waals surface area (Å²) in [6.07, 6.45) is 1.42. The average molecular weight is 1100 g/mol. The first-order valence-corrected chi connectivity index (χ1v) is 27.8. The highest BCUT2D eigenvalue weighted by atomic mass is 35.5. The number of aromatic nitrogens is 2. The highest BCUT2D eigenvalue weighted by molar-refractivity contribution is 7.88. The molecule has 0 aliphatic carbocycles. The van der Waals surface area contributed by atoms with Gasteiger partial charge in [-0.05, 0) is 139 Å². The highest BCUT2D eigenvalue weighted by Gasteiger charge is 2.42. The van der Waals surface area contributed by atoms with Gasteiger partial charge in [-0.3, -0.25) is 28.8 Å². The maximum absolute atomic E-state index is 14.2. The number of esters is 2. The summed E-state index contributed by atoms with van der Waals surface area (Å²) in [5.41, 5.74) is 3.26. The van der Waals surface area contributed by atoms with Gasteiger partial charge in [0.25, 0.3) is 0 Å². The second-order valence-corrected chi connectivity index (χ2v) is 25.1. The van der Waals surface area contributed by atoms with E-state index in [0.717, 1.165) is 33.7 Å². The average Bonchev–Trinajstić information content (AvgIpc) is 3.81. The summed E-state index contributed by atoms with van der Waals surface area (Å²) in [6.45, 7) is 14.1. The van der Waals surface area contributed by atoms with Gasteiger partial charge in [0.2, 0.25) is 27.7 Å². The van der Waals surface area contributed by atoms with Crippen LogP contribution in [0.25, 0.3) is 32.6 Å². The van der Waals surface area contributed by atoms with Gasteiger partial charge in [-0.1, -0.05) is 66.2 Å². The van der Waals surface area contributed by atoms with Crippen molar-refractivity contribution in [2.24, 2.45) is 7.05 Å². The number of amides is 3. The molecule has 4 aromatic carbocycles. The molecular weight excluding hydrogens is 1030 g/mol. The van der Waals surface area contributed by atoms with Crippen molar-refractivity contribution in [1.82, 2.24) is 18.8 Å². The van der Waals surface area contributed by atoms with E-state index in [1.54, 1.807) is 83.2 Å². The molecule has 3 N–H and O–H groups in total. The van der Waals surface area contributed by atoms with Crippen LogP contribution >= 0.6 is 22.9 Å². The number of carbonyl (C=O) groups excluding carboxylic acids is 5. The number of aryl methyl sites for hydroxylation is 1. The van der Waals surface area contributed by atoms with Crippen molar-refractivity contribution in [2.45, 2.75) is 122 Å². The van der Waals surface area contributed by atoms with Crippen LogP contribution in [0.2, 0.25) is 5.02 Å². The van der Waals surface area contributed by atoms with Crippen LogP contribution in [0, 0.1) is 0 Å². The van der Waals surface area contributed by atoms with E-state index in [0.29, 0.717) is 45.6 Å². The number of hydrogen-bond acceptors (Lipinski definition) is 13. The molecule has 2 aromatic heterocycles. The first-order chi connectivity index (χ1) is 35.6. The number of ether oxygens (including phenoxy) is 3.